The highest BCUT2D eigenvalue weighted by Gasteiger charge is 2.18. The Bertz CT molecular complexity index is 1030. The average Bonchev–Trinajstić information content (AvgIpc) is 3.21. The minimum Gasteiger partial charge on any atom is -0.494 e. The van der Waals surface area contributed by atoms with Gasteiger partial charge in [-0.05, 0) is 32.0 Å². The highest BCUT2D eigenvalue weighted by molar-refractivity contribution is 5.74. The van der Waals surface area contributed by atoms with Gasteiger partial charge in [0, 0.05) is 11.4 Å². The lowest BCUT2D eigenvalue weighted by Gasteiger charge is -2.10. The molecule has 0 aliphatic rings. The quantitative estimate of drug-likeness (QED) is 0.580. The minimum atomic E-state index is 0.673. The van der Waals surface area contributed by atoms with Crippen LogP contribution in [0.1, 0.15) is 11.4 Å². The van der Waals surface area contributed by atoms with Gasteiger partial charge in [-0.1, -0.05) is 12.1 Å². The third-order valence-corrected chi connectivity index (χ3v) is 3.88. The number of ether oxygens (including phenoxy) is 1. The van der Waals surface area contributed by atoms with Crippen molar-refractivity contribution in [1.82, 2.24) is 29.4 Å². The molecule has 24 heavy (non-hydrogen) atoms. The normalized spacial score (nSPS) is 11.1. The summed E-state index contributed by atoms with van der Waals surface area (Å²) in [7, 11) is 1.64. The van der Waals surface area contributed by atoms with Gasteiger partial charge in [-0.15, -0.1) is 0 Å². The van der Waals surface area contributed by atoms with Crippen molar-refractivity contribution >= 4 is 5.65 Å². The van der Waals surface area contributed by atoms with E-state index in [0.29, 0.717) is 5.82 Å². The first-order valence-corrected chi connectivity index (χ1v) is 7.55. The summed E-state index contributed by atoms with van der Waals surface area (Å²) in [5.41, 5.74) is 4.36. The number of aromatic nitrogens is 6. The van der Waals surface area contributed by atoms with Crippen LogP contribution in [0, 0.1) is 13.8 Å². The van der Waals surface area contributed by atoms with Crippen LogP contribution in [0.3, 0.4) is 0 Å². The van der Waals surface area contributed by atoms with Crippen molar-refractivity contribution in [3.05, 3.63) is 54.2 Å². The molecule has 4 aromatic rings. The maximum absolute atomic E-state index is 5.44. The molecule has 0 aliphatic heterocycles. The Morgan fingerprint density at radius 2 is 1.92 bits per heavy atom. The van der Waals surface area contributed by atoms with Crippen LogP contribution in [0.4, 0.5) is 0 Å². The van der Waals surface area contributed by atoms with Gasteiger partial charge in [0.25, 0.3) is 0 Å². The van der Waals surface area contributed by atoms with E-state index in [1.54, 1.807) is 18.0 Å². The number of nitrogens with zero attached hydrogens (tertiary/aromatic N) is 6. The number of fused-ring (bicyclic) bond motifs is 1. The van der Waals surface area contributed by atoms with Crippen LogP contribution in [-0.4, -0.2) is 36.5 Å². The fraction of sp³-hybridized carbons (Fsp3) is 0.176. The first-order chi connectivity index (χ1) is 11.7. The van der Waals surface area contributed by atoms with E-state index in [2.05, 4.69) is 20.2 Å². The highest BCUT2D eigenvalue weighted by Crippen LogP contribution is 2.28. The van der Waals surface area contributed by atoms with Crippen LogP contribution >= 0.6 is 0 Å². The van der Waals surface area contributed by atoms with E-state index in [1.165, 1.54) is 6.33 Å². The number of hydrogen-bond acceptors (Lipinski definition) is 5. The van der Waals surface area contributed by atoms with Gasteiger partial charge in [0.15, 0.2) is 11.5 Å². The van der Waals surface area contributed by atoms with Gasteiger partial charge >= 0.3 is 0 Å². The SMILES string of the molecule is COc1ccccc1-n1ncnc1-c1cnn2c(C)cc(C)nc12. The topological polar surface area (TPSA) is 70.1 Å². The molecule has 0 saturated heterocycles. The summed E-state index contributed by atoms with van der Waals surface area (Å²) < 4.78 is 9.00. The summed E-state index contributed by atoms with van der Waals surface area (Å²) in [6.45, 7) is 3.97. The fourth-order valence-electron chi connectivity index (χ4n) is 2.83. The van der Waals surface area contributed by atoms with E-state index < -0.39 is 0 Å². The number of hydrogen-bond donors (Lipinski definition) is 0. The third kappa shape index (κ3) is 2.13. The molecule has 1 aromatic carbocycles. The Morgan fingerprint density at radius 3 is 2.75 bits per heavy atom. The Labute approximate surface area is 138 Å². The molecule has 0 N–H and O–H groups in total. The van der Waals surface area contributed by atoms with Crippen molar-refractivity contribution in [3.63, 3.8) is 0 Å². The fourth-order valence-corrected chi connectivity index (χ4v) is 2.83. The van der Waals surface area contributed by atoms with Crippen LogP contribution in [0.25, 0.3) is 22.7 Å². The van der Waals surface area contributed by atoms with Crippen molar-refractivity contribution in [3.8, 4) is 22.8 Å². The average molecular weight is 320 g/mol. The molecule has 0 saturated carbocycles. The number of benzene rings is 1. The molecule has 3 heterocycles. The monoisotopic (exact) mass is 320 g/mol. The van der Waals surface area contributed by atoms with E-state index in [0.717, 1.165) is 34.0 Å². The van der Waals surface area contributed by atoms with Gasteiger partial charge < -0.3 is 4.74 Å². The maximum Gasteiger partial charge on any atom is 0.168 e. The Balaban J connectivity index is 1.96. The molecule has 0 amide bonds. The molecular weight excluding hydrogens is 304 g/mol. The predicted molar refractivity (Wildman–Crippen MR) is 89.4 cm³/mol. The molecule has 7 heteroatoms. The summed E-state index contributed by atoms with van der Waals surface area (Å²) >= 11 is 0. The van der Waals surface area contributed by atoms with Crippen LogP contribution < -0.4 is 4.74 Å². The van der Waals surface area contributed by atoms with Crippen molar-refractivity contribution < 1.29 is 4.74 Å². The molecule has 0 spiro atoms. The molecule has 0 aliphatic carbocycles. The summed E-state index contributed by atoms with van der Waals surface area (Å²) in [4.78, 5) is 9.04. The smallest absolute Gasteiger partial charge is 0.168 e. The molecular formula is C17H16N6O. The molecule has 0 unspecified atom stereocenters. The summed E-state index contributed by atoms with van der Waals surface area (Å²) in [5, 5.41) is 8.80. The largest absolute Gasteiger partial charge is 0.494 e. The first kappa shape index (κ1) is 14.4. The lowest BCUT2D eigenvalue weighted by atomic mass is 10.2. The Kier molecular flexibility index (Phi) is 3.26. The molecule has 4 rings (SSSR count). The van der Waals surface area contributed by atoms with E-state index in [-0.39, 0.29) is 0 Å². The van der Waals surface area contributed by atoms with Crippen LogP contribution in [0.2, 0.25) is 0 Å². The summed E-state index contributed by atoms with van der Waals surface area (Å²) in [5.74, 6) is 1.40. The summed E-state index contributed by atoms with van der Waals surface area (Å²) in [6, 6.07) is 9.68. The van der Waals surface area contributed by atoms with Crippen LogP contribution in [0.5, 0.6) is 5.75 Å². The molecule has 7 nitrogen and oxygen atoms in total. The molecule has 0 bridgehead atoms. The highest BCUT2D eigenvalue weighted by atomic mass is 16.5. The number of aryl methyl sites for hydroxylation is 2. The first-order valence-electron chi connectivity index (χ1n) is 7.55. The second kappa shape index (κ2) is 5.45. The van der Waals surface area contributed by atoms with Crippen molar-refractivity contribution in [2.75, 3.05) is 7.11 Å². The van der Waals surface area contributed by atoms with E-state index in [9.17, 15) is 0 Å². The Hall–Kier alpha value is -3.22. The number of rotatable bonds is 3. The zero-order chi connectivity index (χ0) is 16.7. The molecule has 120 valence electrons. The van der Waals surface area contributed by atoms with Crippen molar-refractivity contribution in [2.45, 2.75) is 13.8 Å². The van der Waals surface area contributed by atoms with Gasteiger partial charge in [0.05, 0.1) is 18.9 Å². The number of para-hydroxylation sites is 2. The van der Waals surface area contributed by atoms with Crippen molar-refractivity contribution in [1.29, 1.82) is 0 Å². The predicted octanol–water partition coefficient (Wildman–Crippen LogP) is 2.60. The van der Waals surface area contributed by atoms with E-state index in [4.69, 9.17) is 4.74 Å². The molecule has 3 aromatic heterocycles. The van der Waals surface area contributed by atoms with Crippen molar-refractivity contribution in [2.24, 2.45) is 0 Å². The Morgan fingerprint density at radius 1 is 1.08 bits per heavy atom. The standard InChI is InChI=1S/C17H16N6O/c1-11-8-12(2)22-17(21-11)13(9-19-22)16-18-10-20-23(16)14-6-4-5-7-15(14)24-3/h4-10H,1-3H3. The lowest BCUT2D eigenvalue weighted by Crippen LogP contribution is -2.03. The third-order valence-electron chi connectivity index (χ3n) is 3.88. The second-order valence-electron chi connectivity index (χ2n) is 5.50. The summed E-state index contributed by atoms with van der Waals surface area (Å²) in [6.07, 6.45) is 3.29. The molecule has 0 atom stereocenters. The minimum absolute atomic E-state index is 0.673. The van der Waals surface area contributed by atoms with Crippen LogP contribution in [-0.2, 0) is 0 Å². The van der Waals surface area contributed by atoms with Gasteiger partial charge in [0.2, 0.25) is 0 Å². The van der Waals surface area contributed by atoms with Gasteiger partial charge in [-0.25, -0.2) is 19.2 Å². The van der Waals surface area contributed by atoms with Gasteiger partial charge in [0.1, 0.15) is 17.8 Å². The van der Waals surface area contributed by atoms with E-state index in [1.807, 2.05) is 48.7 Å². The van der Waals surface area contributed by atoms with Crippen LogP contribution in [0.15, 0.2) is 42.9 Å². The maximum atomic E-state index is 5.44. The molecule has 0 fully saturated rings. The second-order valence-corrected chi connectivity index (χ2v) is 5.50. The number of methoxy groups -OCH3 is 1. The zero-order valence-electron chi connectivity index (χ0n) is 13.6. The molecule has 0 radical (unpaired) electrons. The van der Waals surface area contributed by atoms with Gasteiger partial charge in [-0.2, -0.15) is 10.2 Å². The zero-order valence-corrected chi connectivity index (χ0v) is 13.6. The van der Waals surface area contributed by atoms with Gasteiger partial charge in [-0.3, -0.25) is 0 Å². The lowest BCUT2D eigenvalue weighted by molar-refractivity contribution is 0.412. The van der Waals surface area contributed by atoms with E-state index >= 15 is 0 Å².